The van der Waals surface area contributed by atoms with Gasteiger partial charge in [0.05, 0.1) is 25.0 Å². The summed E-state index contributed by atoms with van der Waals surface area (Å²) in [5.41, 5.74) is 0. The van der Waals surface area contributed by atoms with E-state index in [1.54, 1.807) is 0 Å². The molecule has 0 aromatic rings. The molecule has 0 aromatic carbocycles. The summed E-state index contributed by atoms with van der Waals surface area (Å²) in [5, 5.41) is 0. The lowest BCUT2D eigenvalue weighted by molar-refractivity contribution is -0.148. The Bertz CT molecular complexity index is 335. The summed E-state index contributed by atoms with van der Waals surface area (Å²) >= 11 is 0. The van der Waals surface area contributed by atoms with E-state index in [0.717, 1.165) is 25.7 Å². The number of ether oxygens (including phenoxy) is 2. The van der Waals surface area contributed by atoms with Crippen LogP contribution >= 0.6 is 0 Å². The van der Waals surface area contributed by atoms with Gasteiger partial charge in [-0.2, -0.15) is 0 Å². The van der Waals surface area contributed by atoms with Gasteiger partial charge in [-0.3, -0.25) is 9.59 Å². The van der Waals surface area contributed by atoms with E-state index in [1.807, 2.05) is 38.2 Å². The molecule has 0 amide bonds. The van der Waals surface area contributed by atoms with Gasteiger partial charge in [-0.25, -0.2) is 0 Å². The number of carbonyl (C=O) groups is 2. The van der Waals surface area contributed by atoms with Gasteiger partial charge in [0.2, 0.25) is 0 Å². The first-order valence-electron chi connectivity index (χ1n) is 7.27. The molecule has 0 aliphatic carbocycles. The third-order valence-corrected chi connectivity index (χ3v) is 3.05. The molecule has 4 nitrogen and oxygen atoms in total. The quantitative estimate of drug-likeness (QED) is 0.504. The maximum atomic E-state index is 11.5. The summed E-state index contributed by atoms with van der Waals surface area (Å²) in [6.07, 6.45) is 11.0. The molecule has 0 saturated heterocycles. The molecular weight excluding hydrogens is 256 g/mol. The minimum Gasteiger partial charge on any atom is -0.462 e. The van der Waals surface area contributed by atoms with Crippen LogP contribution in [0.3, 0.4) is 0 Å². The zero-order valence-corrected chi connectivity index (χ0v) is 12.3. The van der Waals surface area contributed by atoms with Crippen LogP contribution in [-0.4, -0.2) is 24.1 Å². The van der Waals surface area contributed by atoms with E-state index in [4.69, 9.17) is 9.47 Å². The van der Waals surface area contributed by atoms with Gasteiger partial charge in [-0.15, -0.1) is 0 Å². The fourth-order valence-corrected chi connectivity index (χ4v) is 1.92. The maximum absolute atomic E-state index is 11.5. The van der Waals surface area contributed by atoms with Crippen molar-refractivity contribution in [3.63, 3.8) is 0 Å². The number of esters is 2. The van der Waals surface area contributed by atoms with Crippen molar-refractivity contribution in [1.29, 1.82) is 0 Å². The lowest BCUT2D eigenvalue weighted by Crippen LogP contribution is -2.14. The Morgan fingerprint density at radius 1 is 0.800 bits per heavy atom. The van der Waals surface area contributed by atoms with Crippen molar-refractivity contribution < 1.29 is 19.1 Å². The SMILES string of the molecule is CC1CC/C=C\CC(=O)OC(C)CC/C=C\CC(=O)O1. The number of rotatable bonds is 0. The average Bonchev–Trinajstić information content (AvgIpc) is 2.36. The second kappa shape index (κ2) is 9.34. The Labute approximate surface area is 120 Å². The summed E-state index contributed by atoms with van der Waals surface area (Å²) in [4.78, 5) is 23.1. The summed E-state index contributed by atoms with van der Waals surface area (Å²) in [5.74, 6) is -0.381. The van der Waals surface area contributed by atoms with Crippen molar-refractivity contribution in [3.05, 3.63) is 24.3 Å². The van der Waals surface area contributed by atoms with Crippen LogP contribution in [0.2, 0.25) is 0 Å². The Kier molecular flexibility index (Phi) is 7.70. The lowest BCUT2D eigenvalue weighted by atomic mass is 10.2. The molecule has 0 N–H and O–H groups in total. The molecule has 20 heavy (non-hydrogen) atoms. The van der Waals surface area contributed by atoms with E-state index >= 15 is 0 Å². The van der Waals surface area contributed by atoms with Crippen LogP contribution in [0, 0.1) is 0 Å². The first-order chi connectivity index (χ1) is 9.58. The van der Waals surface area contributed by atoms with Crippen molar-refractivity contribution in [3.8, 4) is 0 Å². The van der Waals surface area contributed by atoms with Crippen molar-refractivity contribution >= 4 is 11.9 Å². The molecule has 0 bridgehead atoms. The fourth-order valence-electron chi connectivity index (χ4n) is 1.92. The first-order valence-corrected chi connectivity index (χ1v) is 7.27. The number of allylic oxidation sites excluding steroid dienone is 2. The zero-order valence-electron chi connectivity index (χ0n) is 12.3. The van der Waals surface area contributed by atoms with Gasteiger partial charge >= 0.3 is 11.9 Å². The van der Waals surface area contributed by atoms with Crippen LogP contribution in [0.1, 0.15) is 52.4 Å². The zero-order chi connectivity index (χ0) is 14.8. The van der Waals surface area contributed by atoms with Crippen LogP contribution in [0.15, 0.2) is 24.3 Å². The molecule has 2 atom stereocenters. The smallest absolute Gasteiger partial charge is 0.309 e. The molecule has 0 radical (unpaired) electrons. The van der Waals surface area contributed by atoms with E-state index in [2.05, 4.69) is 0 Å². The van der Waals surface area contributed by atoms with Crippen LogP contribution in [-0.2, 0) is 19.1 Å². The monoisotopic (exact) mass is 280 g/mol. The highest BCUT2D eigenvalue weighted by Crippen LogP contribution is 2.08. The molecule has 1 heterocycles. The molecule has 4 heteroatoms. The predicted molar refractivity (Wildman–Crippen MR) is 77.1 cm³/mol. The predicted octanol–water partition coefficient (Wildman–Crippen LogP) is 3.32. The second-order valence-electron chi connectivity index (χ2n) is 5.11. The van der Waals surface area contributed by atoms with Crippen LogP contribution in [0.25, 0.3) is 0 Å². The van der Waals surface area contributed by atoms with Gasteiger partial charge in [-0.1, -0.05) is 24.3 Å². The first kappa shape index (κ1) is 16.5. The minimum absolute atomic E-state index is 0.0968. The molecular formula is C16H24O4. The van der Waals surface area contributed by atoms with Crippen LogP contribution in [0.5, 0.6) is 0 Å². The van der Waals surface area contributed by atoms with Gasteiger partial charge in [0, 0.05) is 0 Å². The summed E-state index contributed by atoms with van der Waals surface area (Å²) in [6, 6.07) is 0. The van der Waals surface area contributed by atoms with E-state index < -0.39 is 0 Å². The van der Waals surface area contributed by atoms with Crippen molar-refractivity contribution in [2.24, 2.45) is 0 Å². The highest BCUT2D eigenvalue weighted by Gasteiger charge is 2.09. The summed E-state index contributed by atoms with van der Waals surface area (Å²) < 4.78 is 10.6. The molecule has 0 aromatic heterocycles. The van der Waals surface area contributed by atoms with E-state index in [1.165, 1.54) is 0 Å². The van der Waals surface area contributed by atoms with Crippen LogP contribution < -0.4 is 0 Å². The number of cyclic esters (lactones) is 2. The highest BCUT2D eigenvalue weighted by molar-refractivity contribution is 5.71. The standard InChI is InChI=1S/C16H24O4/c1-13-9-5-3-7-12-16(18)20-14(2)10-6-4-8-11-15(17)19-13/h3-4,7-8,13-14H,5-6,9-12H2,1-2H3/b7-3-,8-4-. The van der Waals surface area contributed by atoms with Gasteiger partial charge in [-0.05, 0) is 39.5 Å². The summed E-state index contributed by atoms with van der Waals surface area (Å²) in [6.45, 7) is 3.77. The molecule has 0 saturated carbocycles. The molecule has 1 rings (SSSR count). The van der Waals surface area contributed by atoms with E-state index in [0.29, 0.717) is 12.8 Å². The number of hydrogen-bond acceptors (Lipinski definition) is 4. The third-order valence-electron chi connectivity index (χ3n) is 3.05. The Hall–Kier alpha value is -1.58. The molecule has 0 spiro atoms. The van der Waals surface area contributed by atoms with Gasteiger partial charge < -0.3 is 9.47 Å². The number of hydrogen-bond donors (Lipinski definition) is 0. The maximum Gasteiger partial charge on any atom is 0.309 e. The van der Waals surface area contributed by atoms with Gasteiger partial charge in [0.15, 0.2) is 0 Å². The Morgan fingerprint density at radius 2 is 1.20 bits per heavy atom. The summed E-state index contributed by atoms with van der Waals surface area (Å²) in [7, 11) is 0. The van der Waals surface area contributed by atoms with E-state index in [-0.39, 0.29) is 24.1 Å². The topological polar surface area (TPSA) is 52.6 Å². The average molecular weight is 280 g/mol. The Balaban J connectivity index is 2.53. The molecule has 2 unspecified atom stereocenters. The number of carbonyl (C=O) groups excluding carboxylic acids is 2. The fraction of sp³-hybridized carbons (Fsp3) is 0.625. The highest BCUT2D eigenvalue weighted by atomic mass is 16.5. The minimum atomic E-state index is -0.190. The third kappa shape index (κ3) is 7.77. The largest absolute Gasteiger partial charge is 0.462 e. The van der Waals surface area contributed by atoms with Crippen molar-refractivity contribution in [2.75, 3.05) is 0 Å². The van der Waals surface area contributed by atoms with Crippen molar-refractivity contribution in [2.45, 2.75) is 64.6 Å². The van der Waals surface area contributed by atoms with Crippen LogP contribution in [0.4, 0.5) is 0 Å². The lowest BCUT2D eigenvalue weighted by Gasteiger charge is -2.12. The van der Waals surface area contributed by atoms with E-state index in [9.17, 15) is 9.59 Å². The van der Waals surface area contributed by atoms with Crippen molar-refractivity contribution in [1.82, 2.24) is 0 Å². The molecule has 1 aliphatic heterocycles. The Morgan fingerprint density at radius 3 is 1.60 bits per heavy atom. The second-order valence-corrected chi connectivity index (χ2v) is 5.11. The molecule has 0 fully saturated rings. The normalized spacial score (nSPS) is 30.1. The molecule has 1 aliphatic rings. The molecule has 112 valence electrons. The van der Waals surface area contributed by atoms with Gasteiger partial charge in [0.25, 0.3) is 0 Å². The van der Waals surface area contributed by atoms with Gasteiger partial charge in [0.1, 0.15) is 0 Å².